The molecule has 2 N–H and O–H groups in total. The van der Waals surface area contributed by atoms with Crippen LogP contribution in [-0.2, 0) is 23.5 Å². The SMILES string of the molecule is Cc1ccc(C(=O)c2ccc(CC(c3cccnc3)S(N)(=O)=O)n2C)c(C)c1. The summed E-state index contributed by atoms with van der Waals surface area (Å²) < 4.78 is 26.1. The quantitative estimate of drug-likeness (QED) is 0.647. The average molecular weight is 398 g/mol. The highest BCUT2D eigenvalue weighted by atomic mass is 32.2. The summed E-state index contributed by atoms with van der Waals surface area (Å²) in [5.41, 5.74) is 4.36. The fraction of sp³-hybridized carbons (Fsp3) is 0.238. The second kappa shape index (κ2) is 7.69. The van der Waals surface area contributed by atoms with Gasteiger partial charge in [0, 0.05) is 37.1 Å². The van der Waals surface area contributed by atoms with E-state index in [1.165, 1.54) is 6.20 Å². The number of primary sulfonamides is 1. The van der Waals surface area contributed by atoms with E-state index in [0.29, 0.717) is 22.5 Å². The summed E-state index contributed by atoms with van der Waals surface area (Å²) in [6, 6.07) is 12.6. The van der Waals surface area contributed by atoms with E-state index in [1.807, 2.05) is 32.0 Å². The highest BCUT2D eigenvalue weighted by Crippen LogP contribution is 2.26. The Kier molecular flexibility index (Phi) is 5.49. The molecule has 0 aliphatic heterocycles. The molecule has 1 atom stereocenters. The number of sulfonamides is 1. The van der Waals surface area contributed by atoms with E-state index in [4.69, 9.17) is 5.14 Å². The topological polar surface area (TPSA) is 95.1 Å². The number of nitrogens with zero attached hydrogens (tertiary/aromatic N) is 2. The van der Waals surface area contributed by atoms with Crippen LogP contribution < -0.4 is 5.14 Å². The number of benzene rings is 1. The molecule has 0 aliphatic carbocycles. The zero-order chi connectivity index (χ0) is 20.5. The number of rotatable bonds is 6. The molecule has 0 saturated carbocycles. The maximum absolute atomic E-state index is 13.0. The van der Waals surface area contributed by atoms with Crippen LogP contribution in [0.3, 0.4) is 0 Å². The summed E-state index contributed by atoms with van der Waals surface area (Å²) in [6.07, 6.45) is 3.23. The van der Waals surface area contributed by atoms with Crippen molar-refractivity contribution in [3.05, 3.63) is 88.5 Å². The number of carbonyl (C=O) groups is 1. The van der Waals surface area contributed by atoms with Crippen LogP contribution in [0.2, 0.25) is 0 Å². The van der Waals surface area contributed by atoms with Gasteiger partial charge in [-0.1, -0.05) is 29.8 Å². The largest absolute Gasteiger partial charge is 0.345 e. The molecule has 6 nitrogen and oxygen atoms in total. The number of aromatic nitrogens is 2. The Morgan fingerprint density at radius 2 is 1.93 bits per heavy atom. The first kappa shape index (κ1) is 20.0. The van der Waals surface area contributed by atoms with Gasteiger partial charge in [0.15, 0.2) is 0 Å². The average Bonchev–Trinajstić information content (AvgIpc) is 2.99. The van der Waals surface area contributed by atoms with Gasteiger partial charge in [-0.3, -0.25) is 9.78 Å². The van der Waals surface area contributed by atoms with Crippen molar-refractivity contribution in [3.8, 4) is 0 Å². The summed E-state index contributed by atoms with van der Waals surface area (Å²) >= 11 is 0. The molecule has 2 aromatic heterocycles. The number of hydrogen-bond donors (Lipinski definition) is 1. The van der Waals surface area contributed by atoms with Crippen LogP contribution in [0, 0.1) is 13.8 Å². The minimum atomic E-state index is -3.85. The van der Waals surface area contributed by atoms with Crippen LogP contribution in [0.25, 0.3) is 0 Å². The van der Waals surface area contributed by atoms with E-state index >= 15 is 0 Å². The highest BCUT2D eigenvalue weighted by molar-refractivity contribution is 7.89. The lowest BCUT2D eigenvalue weighted by Gasteiger charge is -2.16. The normalized spacial score (nSPS) is 12.7. The monoisotopic (exact) mass is 397 g/mol. The van der Waals surface area contributed by atoms with E-state index in [1.54, 1.807) is 42.1 Å². The molecular weight excluding hydrogens is 374 g/mol. The molecule has 1 unspecified atom stereocenters. The summed E-state index contributed by atoms with van der Waals surface area (Å²) in [6.45, 7) is 3.89. The number of nitrogens with two attached hydrogens (primary N) is 1. The van der Waals surface area contributed by atoms with Gasteiger partial charge in [-0.15, -0.1) is 0 Å². The van der Waals surface area contributed by atoms with Gasteiger partial charge in [-0.05, 0) is 43.2 Å². The maximum Gasteiger partial charge on any atom is 0.216 e. The fourth-order valence-corrected chi connectivity index (χ4v) is 4.29. The van der Waals surface area contributed by atoms with Crippen LogP contribution in [0.5, 0.6) is 0 Å². The molecule has 0 bridgehead atoms. The van der Waals surface area contributed by atoms with E-state index in [2.05, 4.69) is 4.98 Å². The van der Waals surface area contributed by atoms with Crippen LogP contribution in [0.15, 0.2) is 54.9 Å². The molecule has 0 aliphatic rings. The number of aryl methyl sites for hydroxylation is 2. The van der Waals surface area contributed by atoms with Crippen molar-refractivity contribution in [2.24, 2.45) is 12.2 Å². The fourth-order valence-electron chi connectivity index (χ4n) is 3.37. The third-order valence-corrected chi connectivity index (χ3v) is 6.16. The Bertz CT molecular complexity index is 1120. The van der Waals surface area contributed by atoms with Gasteiger partial charge >= 0.3 is 0 Å². The van der Waals surface area contributed by atoms with Crippen LogP contribution >= 0.6 is 0 Å². The Morgan fingerprint density at radius 3 is 2.54 bits per heavy atom. The molecule has 28 heavy (non-hydrogen) atoms. The molecule has 3 aromatic rings. The Morgan fingerprint density at radius 1 is 1.18 bits per heavy atom. The van der Waals surface area contributed by atoms with Crippen molar-refractivity contribution in [3.63, 3.8) is 0 Å². The second-order valence-corrected chi connectivity index (χ2v) is 8.73. The molecule has 7 heteroatoms. The zero-order valence-corrected chi connectivity index (χ0v) is 16.9. The first-order valence-corrected chi connectivity index (χ1v) is 10.5. The van der Waals surface area contributed by atoms with Crippen LogP contribution in [0.1, 0.15) is 43.7 Å². The van der Waals surface area contributed by atoms with Crippen molar-refractivity contribution >= 4 is 15.8 Å². The summed E-state index contributed by atoms with van der Waals surface area (Å²) in [7, 11) is -2.09. The molecular formula is C21H23N3O3S. The molecule has 0 saturated heterocycles. The van der Waals surface area contributed by atoms with Gasteiger partial charge in [-0.2, -0.15) is 0 Å². The molecule has 3 rings (SSSR count). The molecule has 1 aromatic carbocycles. The van der Waals surface area contributed by atoms with Gasteiger partial charge in [0.25, 0.3) is 0 Å². The summed E-state index contributed by atoms with van der Waals surface area (Å²) in [5.74, 6) is -0.0974. The standard InChI is InChI=1S/C21H23N3O3S/c1-14-6-8-18(15(2)11-14)21(25)19-9-7-17(24(19)3)12-20(28(22,26)27)16-5-4-10-23-13-16/h4-11,13,20H,12H2,1-3H3,(H2,22,26,27). The molecule has 146 valence electrons. The van der Waals surface area contributed by atoms with Crippen LogP contribution in [-0.4, -0.2) is 23.8 Å². The van der Waals surface area contributed by atoms with E-state index in [-0.39, 0.29) is 12.2 Å². The number of carbonyl (C=O) groups excluding carboxylic acids is 1. The Hall–Kier alpha value is -2.77. The van der Waals surface area contributed by atoms with Gasteiger partial charge < -0.3 is 4.57 Å². The van der Waals surface area contributed by atoms with Crippen molar-refractivity contribution < 1.29 is 13.2 Å². The van der Waals surface area contributed by atoms with Crippen molar-refractivity contribution in [2.75, 3.05) is 0 Å². The lowest BCUT2D eigenvalue weighted by molar-refractivity contribution is 0.103. The van der Waals surface area contributed by atoms with Crippen molar-refractivity contribution in [1.82, 2.24) is 9.55 Å². The zero-order valence-electron chi connectivity index (χ0n) is 16.1. The molecule has 0 radical (unpaired) electrons. The van der Waals surface area contributed by atoms with E-state index < -0.39 is 15.3 Å². The first-order valence-electron chi connectivity index (χ1n) is 8.86. The predicted molar refractivity (Wildman–Crippen MR) is 109 cm³/mol. The van der Waals surface area contributed by atoms with Crippen molar-refractivity contribution in [2.45, 2.75) is 25.5 Å². The molecule has 0 spiro atoms. The maximum atomic E-state index is 13.0. The number of ketones is 1. The number of hydrogen-bond acceptors (Lipinski definition) is 4. The van der Waals surface area contributed by atoms with E-state index in [9.17, 15) is 13.2 Å². The lowest BCUT2D eigenvalue weighted by atomic mass is 10.0. The molecule has 0 amide bonds. The summed E-state index contributed by atoms with van der Waals surface area (Å²) in [4.78, 5) is 17.0. The third-order valence-electron chi connectivity index (χ3n) is 4.93. The Labute approximate surface area is 165 Å². The molecule has 2 heterocycles. The third kappa shape index (κ3) is 4.05. The highest BCUT2D eigenvalue weighted by Gasteiger charge is 2.26. The van der Waals surface area contributed by atoms with E-state index in [0.717, 1.165) is 11.1 Å². The van der Waals surface area contributed by atoms with Gasteiger partial charge in [0.2, 0.25) is 15.8 Å². The summed E-state index contributed by atoms with van der Waals surface area (Å²) in [5, 5.41) is 4.54. The minimum absolute atomic E-state index is 0.0974. The van der Waals surface area contributed by atoms with Crippen LogP contribution in [0.4, 0.5) is 0 Å². The Balaban J connectivity index is 1.95. The number of pyridine rings is 1. The second-order valence-electron chi connectivity index (χ2n) is 6.98. The first-order chi connectivity index (χ1) is 13.2. The van der Waals surface area contributed by atoms with Gasteiger partial charge in [0.1, 0.15) is 5.25 Å². The minimum Gasteiger partial charge on any atom is -0.345 e. The van der Waals surface area contributed by atoms with Gasteiger partial charge in [-0.25, -0.2) is 13.6 Å². The van der Waals surface area contributed by atoms with Crippen molar-refractivity contribution in [1.29, 1.82) is 0 Å². The van der Waals surface area contributed by atoms with Gasteiger partial charge in [0.05, 0.1) is 5.69 Å². The predicted octanol–water partition coefficient (Wildman–Crippen LogP) is 2.84. The lowest BCUT2D eigenvalue weighted by Crippen LogP contribution is -2.24. The molecule has 0 fully saturated rings. The smallest absolute Gasteiger partial charge is 0.216 e.